The predicted molar refractivity (Wildman–Crippen MR) is 100 cm³/mol. The van der Waals surface area contributed by atoms with Gasteiger partial charge in [0.15, 0.2) is 11.8 Å². The fourth-order valence-corrected chi connectivity index (χ4v) is 3.00. The van der Waals surface area contributed by atoms with Gasteiger partial charge in [0, 0.05) is 31.4 Å². The van der Waals surface area contributed by atoms with E-state index in [4.69, 9.17) is 0 Å². The topological polar surface area (TPSA) is 72.1 Å². The van der Waals surface area contributed by atoms with Crippen molar-refractivity contribution in [2.45, 2.75) is 26.6 Å². The van der Waals surface area contributed by atoms with Gasteiger partial charge >= 0.3 is 0 Å². The van der Waals surface area contributed by atoms with Crippen molar-refractivity contribution in [3.8, 4) is 0 Å². The summed E-state index contributed by atoms with van der Waals surface area (Å²) in [5.74, 6) is 2.53. The van der Waals surface area contributed by atoms with Gasteiger partial charge in [0.25, 0.3) is 0 Å². The van der Waals surface area contributed by atoms with Crippen molar-refractivity contribution in [1.29, 1.82) is 0 Å². The lowest BCUT2D eigenvalue weighted by Crippen LogP contribution is -2.37. The lowest BCUT2D eigenvalue weighted by atomic mass is 10.3. The smallest absolute Gasteiger partial charge is 0.192 e. The van der Waals surface area contributed by atoms with E-state index < -0.39 is 0 Å². The molecule has 2 N–H and O–H groups in total. The van der Waals surface area contributed by atoms with Crippen molar-refractivity contribution in [3.63, 3.8) is 0 Å². The van der Waals surface area contributed by atoms with Gasteiger partial charge in [-0.3, -0.25) is 0 Å². The van der Waals surface area contributed by atoms with E-state index in [2.05, 4.69) is 55.6 Å². The van der Waals surface area contributed by atoms with Gasteiger partial charge in [-0.15, -0.1) is 21.5 Å². The molecule has 0 aliphatic rings. The minimum atomic E-state index is 0.572. The van der Waals surface area contributed by atoms with Crippen molar-refractivity contribution in [2.75, 3.05) is 0 Å². The van der Waals surface area contributed by atoms with Crippen molar-refractivity contribution >= 4 is 17.3 Å². The number of nitrogens with zero attached hydrogens (tertiary/aromatic N) is 5. The van der Waals surface area contributed by atoms with E-state index in [9.17, 15) is 0 Å². The molecule has 0 fully saturated rings. The Balaban J connectivity index is 1.65. The van der Waals surface area contributed by atoms with E-state index in [1.165, 1.54) is 10.4 Å². The second-order valence-electron chi connectivity index (χ2n) is 5.86. The van der Waals surface area contributed by atoms with Crippen LogP contribution < -0.4 is 10.6 Å². The molecule has 25 heavy (non-hydrogen) atoms. The molecular formula is C17H23N7S. The maximum Gasteiger partial charge on any atom is 0.192 e. The summed E-state index contributed by atoms with van der Waals surface area (Å²) in [5.41, 5.74) is 1.18. The van der Waals surface area contributed by atoms with Gasteiger partial charge in [-0.2, -0.15) is 0 Å². The van der Waals surface area contributed by atoms with Crippen LogP contribution in [0.1, 0.15) is 22.1 Å². The summed E-state index contributed by atoms with van der Waals surface area (Å²) in [6, 6.07) is 6.24. The minimum absolute atomic E-state index is 0.572. The third kappa shape index (κ3) is 4.69. The Morgan fingerprint density at radius 2 is 2.04 bits per heavy atom. The molecule has 8 heteroatoms. The summed E-state index contributed by atoms with van der Waals surface area (Å²) >= 11 is 1.73. The van der Waals surface area contributed by atoms with Crippen LogP contribution in [0.3, 0.4) is 0 Å². The van der Waals surface area contributed by atoms with Crippen LogP contribution in [0.5, 0.6) is 0 Å². The number of aryl methyl sites for hydroxylation is 2. The lowest BCUT2D eigenvalue weighted by Gasteiger charge is -2.12. The summed E-state index contributed by atoms with van der Waals surface area (Å²) in [5, 5.41) is 17.1. The van der Waals surface area contributed by atoms with Crippen LogP contribution in [0.25, 0.3) is 0 Å². The van der Waals surface area contributed by atoms with E-state index in [1.807, 2.05) is 36.4 Å². The average molecular weight is 357 g/mol. The van der Waals surface area contributed by atoms with Gasteiger partial charge in [-0.25, -0.2) is 4.99 Å². The number of nitrogens with one attached hydrogen (secondary N) is 2. The molecule has 3 rings (SSSR count). The number of hydrogen-bond donors (Lipinski definition) is 2. The summed E-state index contributed by atoms with van der Waals surface area (Å²) in [7, 11) is 3.98. The van der Waals surface area contributed by atoms with Gasteiger partial charge in [-0.05, 0) is 30.0 Å². The zero-order chi connectivity index (χ0) is 17.6. The van der Waals surface area contributed by atoms with Crippen LogP contribution in [-0.4, -0.2) is 25.3 Å². The number of hydrogen-bond acceptors (Lipinski definition) is 4. The van der Waals surface area contributed by atoms with Gasteiger partial charge in [0.2, 0.25) is 0 Å². The monoisotopic (exact) mass is 357 g/mol. The van der Waals surface area contributed by atoms with Crippen LogP contribution in [0, 0.1) is 6.92 Å². The van der Waals surface area contributed by atoms with E-state index in [-0.39, 0.29) is 0 Å². The Morgan fingerprint density at radius 1 is 1.20 bits per heavy atom. The normalized spacial score (nSPS) is 11.7. The van der Waals surface area contributed by atoms with Crippen LogP contribution in [-0.2, 0) is 33.7 Å². The molecule has 0 amide bonds. The Bertz CT molecular complexity index is 829. The quantitative estimate of drug-likeness (QED) is 0.523. The Hall–Kier alpha value is -2.61. The first-order valence-corrected chi connectivity index (χ1v) is 9.00. The first-order chi connectivity index (χ1) is 12.1. The zero-order valence-electron chi connectivity index (χ0n) is 14.7. The third-order valence-electron chi connectivity index (χ3n) is 3.92. The molecule has 0 aliphatic carbocycles. The molecule has 0 bridgehead atoms. The van der Waals surface area contributed by atoms with Gasteiger partial charge in [-0.1, -0.05) is 6.07 Å². The average Bonchev–Trinajstić information content (AvgIpc) is 3.32. The van der Waals surface area contributed by atoms with Crippen molar-refractivity contribution < 1.29 is 0 Å². The van der Waals surface area contributed by atoms with Crippen LogP contribution in [0.15, 0.2) is 41.0 Å². The Morgan fingerprint density at radius 3 is 2.68 bits per heavy atom. The van der Waals surface area contributed by atoms with Crippen LogP contribution in [0.4, 0.5) is 0 Å². The molecular weight excluding hydrogens is 334 g/mol. The fraction of sp³-hybridized carbons (Fsp3) is 0.353. The summed E-state index contributed by atoms with van der Waals surface area (Å²) in [4.78, 5) is 5.95. The van der Waals surface area contributed by atoms with E-state index in [1.54, 1.807) is 11.3 Å². The molecule has 0 saturated carbocycles. The van der Waals surface area contributed by atoms with E-state index in [0.29, 0.717) is 13.1 Å². The molecule has 0 saturated heterocycles. The van der Waals surface area contributed by atoms with Crippen molar-refractivity contribution in [3.05, 3.63) is 58.1 Å². The van der Waals surface area contributed by atoms with Crippen molar-refractivity contribution in [2.24, 2.45) is 19.1 Å². The number of thiophene rings is 1. The van der Waals surface area contributed by atoms with Gasteiger partial charge in [0.05, 0.1) is 19.6 Å². The highest BCUT2D eigenvalue weighted by molar-refractivity contribution is 7.09. The number of aromatic nitrogens is 4. The summed E-state index contributed by atoms with van der Waals surface area (Å²) in [6.45, 7) is 3.88. The minimum Gasteiger partial charge on any atom is -0.357 e. The third-order valence-corrected chi connectivity index (χ3v) is 4.80. The molecule has 3 heterocycles. The van der Waals surface area contributed by atoms with E-state index >= 15 is 0 Å². The molecule has 0 radical (unpaired) electrons. The van der Waals surface area contributed by atoms with Crippen molar-refractivity contribution in [1.82, 2.24) is 30.0 Å². The number of guanidine groups is 1. The molecule has 0 aliphatic heterocycles. The zero-order valence-corrected chi connectivity index (χ0v) is 15.5. The maximum absolute atomic E-state index is 4.69. The van der Waals surface area contributed by atoms with Crippen LogP contribution >= 0.6 is 11.3 Å². The van der Waals surface area contributed by atoms with Crippen LogP contribution in [0.2, 0.25) is 0 Å². The summed E-state index contributed by atoms with van der Waals surface area (Å²) < 4.78 is 4.00. The maximum atomic E-state index is 4.69. The largest absolute Gasteiger partial charge is 0.357 e. The summed E-state index contributed by atoms with van der Waals surface area (Å²) in [6.07, 6.45) is 4.10. The predicted octanol–water partition coefficient (Wildman–Crippen LogP) is 1.96. The Kier molecular flexibility index (Phi) is 5.49. The molecule has 0 aromatic carbocycles. The van der Waals surface area contributed by atoms with E-state index in [0.717, 1.165) is 24.2 Å². The molecule has 3 aromatic rings. The molecule has 0 spiro atoms. The first-order valence-electron chi connectivity index (χ1n) is 8.12. The molecule has 132 valence electrons. The highest BCUT2D eigenvalue weighted by Crippen LogP contribution is 2.07. The first kappa shape index (κ1) is 17.2. The number of aliphatic imine (C=N–C) groups is 1. The highest BCUT2D eigenvalue weighted by atomic mass is 32.1. The lowest BCUT2D eigenvalue weighted by molar-refractivity contribution is 0.715. The Labute approximate surface area is 151 Å². The van der Waals surface area contributed by atoms with Gasteiger partial charge in [0.1, 0.15) is 5.82 Å². The molecule has 0 atom stereocenters. The fourth-order valence-electron chi connectivity index (χ4n) is 2.35. The highest BCUT2D eigenvalue weighted by Gasteiger charge is 2.07. The van der Waals surface area contributed by atoms with Gasteiger partial charge < -0.3 is 19.8 Å². The second kappa shape index (κ2) is 7.98. The molecule has 0 unspecified atom stereocenters. The standard InChI is InChI=1S/C17H23N7S/c1-13-21-22-16(24(13)3)11-20-17(19-10-15-5-4-8-25-15)18-9-14-6-7-23(2)12-14/h4-8,12H,9-11H2,1-3H3,(H2,18,19,20). The second-order valence-corrected chi connectivity index (χ2v) is 6.89. The molecule has 3 aromatic heterocycles. The molecule has 7 nitrogen and oxygen atoms in total. The SMILES string of the molecule is Cc1nnc(CNC(=NCc2ccn(C)c2)NCc2cccs2)n1C. The number of rotatable bonds is 6.